The number of pyridine rings is 1. The summed E-state index contributed by atoms with van der Waals surface area (Å²) in [6, 6.07) is 22.7. The monoisotopic (exact) mass is 357 g/mol. The van der Waals surface area contributed by atoms with Crippen molar-refractivity contribution in [2.45, 2.75) is 20.1 Å². The maximum absolute atomic E-state index is 12.3. The summed E-state index contributed by atoms with van der Waals surface area (Å²) in [6.45, 7) is 2.56. The lowest BCUT2D eigenvalue weighted by atomic mass is 10.1. The van der Waals surface area contributed by atoms with E-state index >= 15 is 0 Å². The molecule has 27 heavy (non-hydrogen) atoms. The molecule has 1 heterocycles. The Kier molecular flexibility index (Phi) is 5.80. The van der Waals surface area contributed by atoms with E-state index in [1.807, 2.05) is 60.7 Å². The van der Waals surface area contributed by atoms with Crippen molar-refractivity contribution in [1.29, 1.82) is 5.26 Å². The number of carbonyl (C=O) groups excluding carboxylic acids is 1. The fourth-order valence-corrected chi connectivity index (χ4v) is 2.59. The van der Waals surface area contributed by atoms with Gasteiger partial charge in [0.15, 0.2) is 0 Å². The van der Waals surface area contributed by atoms with Gasteiger partial charge in [0.25, 0.3) is 5.91 Å². The molecule has 0 atom stereocenters. The van der Waals surface area contributed by atoms with Crippen molar-refractivity contribution in [2.24, 2.45) is 0 Å². The minimum absolute atomic E-state index is 0.270. The summed E-state index contributed by atoms with van der Waals surface area (Å²) in [5.41, 5.74) is 3.32. The smallest absolute Gasteiger partial charge is 0.270 e. The molecule has 5 nitrogen and oxygen atoms in total. The van der Waals surface area contributed by atoms with E-state index in [0.29, 0.717) is 30.1 Å². The van der Waals surface area contributed by atoms with Gasteiger partial charge in [-0.25, -0.2) is 4.98 Å². The number of para-hydroxylation sites is 1. The summed E-state index contributed by atoms with van der Waals surface area (Å²) >= 11 is 0. The molecule has 0 spiro atoms. The average Bonchev–Trinajstić information content (AvgIpc) is 2.71. The Balaban J connectivity index is 1.58. The second-order valence-electron chi connectivity index (χ2n) is 6.05. The number of amides is 1. The number of nitrogens with zero attached hydrogens (tertiary/aromatic N) is 2. The quantitative estimate of drug-likeness (QED) is 0.729. The molecule has 0 radical (unpaired) electrons. The minimum Gasteiger partial charge on any atom is -0.489 e. The van der Waals surface area contributed by atoms with Crippen molar-refractivity contribution in [3.8, 4) is 11.8 Å². The van der Waals surface area contributed by atoms with Gasteiger partial charge < -0.3 is 10.1 Å². The number of hydrogen-bond donors (Lipinski definition) is 1. The van der Waals surface area contributed by atoms with Gasteiger partial charge in [-0.1, -0.05) is 42.5 Å². The average molecular weight is 357 g/mol. The fraction of sp³-hybridized carbons (Fsp3) is 0.136. The van der Waals surface area contributed by atoms with E-state index in [4.69, 9.17) is 10.00 Å². The highest BCUT2D eigenvalue weighted by Gasteiger charge is 2.09. The zero-order valence-electron chi connectivity index (χ0n) is 15.0. The zero-order valence-corrected chi connectivity index (χ0v) is 15.0. The Morgan fingerprint density at radius 2 is 1.85 bits per heavy atom. The molecule has 1 N–H and O–H groups in total. The molecule has 0 saturated heterocycles. The van der Waals surface area contributed by atoms with Crippen LogP contribution in [0.5, 0.6) is 5.75 Å². The van der Waals surface area contributed by atoms with Gasteiger partial charge >= 0.3 is 0 Å². The predicted octanol–water partition coefficient (Wildman–Crippen LogP) is 3.77. The van der Waals surface area contributed by atoms with E-state index in [1.165, 1.54) is 0 Å². The molecule has 3 rings (SSSR count). The Bertz CT molecular complexity index is 978. The molecule has 0 aliphatic carbocycles. The molecular formula is C22H19N3O2. The van der Waals surface area contributed by atoms with E-state index in [0.717, 1.165) is 16.9 Å². The Hall–Kier alpha value is -3.65. The van der Waals surface area contributed by atoms with Crippen molar-refractivity contribution in [3.05, 3.63) is 94.8 Å². The second-order valence-corrected chi connectivity index (χ2v) is 6.05. The zero-order chi connectivity index (χ0) is 19.1. The topological polar surface area (TPSA) is 75.0 Å². The summed E-state index contributed by atoms with van der Waals surface area (Å²) in [4.78, 5) is 16.5. The maximum atomic E-state index is 12.3. The largest absolute Gasteiger partial charge is 0.489 e. The molecule has 0 unspecified atom stereocenters. The van der Waals surface area contributed by atoms with Crippen LogP contribution in [-0.2, 0) is 13.2 Å². The number of ether oxygens (including phenoxy) is 1. The van der Waals surface area contributed by atoms with Gasteiger partial charge in [0.05, 0.1) is 11.3 Å². The molecule has 2 aromatic carbocycles. The van der Waals surface area contributed by atoms with E-state index in [-0.39, 0.29) is 5.91 Å². The normalized spacial score (nSPS) is 10.1. The van der Waals surface area contributed by atoms with Gasteiger partial charge in [0.1, 0.15) is 24.1 Å². The molecule has 1 amide bonds. The molecule has 5 heteroatoms. The van der Waals surface area contributed by atoms with Crippen LogP contribution in [-0.4, -0.2) is 10.9 Å². The molecule has 1 aromatic heterocycles. The van der Waals surface area contributed by atoms with Crippen molar-refractivity contribution >= 4 is 5.91 Å². The van der Waals surface area contributed by atoms with Crippen LogP contribution >= 0.6 is 0 Å². The first-order valence-corrected chi connectivity index (χ1v) is 8.57. The maximum Gasteiger partial charge on any atom is 0.270 e. The first-order chi connectivity index (χ1) is 13.2. The van der Waals surface area contributed by atoms with Crippen molar-refractivity contribution in [1.82, 2.24) is 10.3 Å². The van der Waals surface area contributed by atoms with Gasteiger partial charge in [-0.05, 0) is 42.3 Å². The Labute approximate surface area is 158 Å². The van der Waals surface area contributed by atoms with E-state index in [1.54, 1.807) is 19.1 Å². The van der Waals surface area contributed by atoms with Crippen LogP contribution in [0.3, 0.4) is 0 Å². The number of rotatable bonds is 6. The number of carbonyl (C=O) groups is 1. The van der Waals surface area contributed by atoms with Gasteiger partial charge in [0.2, 0.25) is 0 Å². The molecule has 0 aliphatic rings. The highest BCUT2D eigenvalue weighted by molar-refractivity contribution is 5.92. The molecule has 0 saturated carbocycles. The number of aryl methyl sites for hydroxylation is 1. The third kappa shape index (κ3) is 4.93. The molecular weight excluding hydrogens is 338 g/mol. The molecule has 0 bridgehead atoms. The second kappa shape index (κ2) is 8.63. The predicted molar refractivity (Wildman–Crippen MR) is 102 cm³/mol. The van der Waals surface area contributed by atoms with Crippen LogP contribution in [0.25, 0.3) is 0 Å². The fourth-order valence-electron chi connectivity index (χ4n) is 2.59. The lowest BCUT2D eigenvalue weighted by Crippen LogP contribution is -2.24. The standard InChI is InChI=1S/C22H19N3O2/c1-16-19(13-23)10-11-21(25-16)22(26)24-14-17-6-5-7-18(12-17)15-27-20-8-3-2-4-9-20/h2-12H,14-15H2,1H3,(H,24,26). The van der Waals surface area contributed by atoms with Gasteiger partial charge in [-0.2, -0.15) is 5.26 Å². The number of benzene rings is 2. The molecule has 3 aromatic rings. The van der Waals surface area contributed by atoms with E-state index in [2.05, 4.69) is 10.3 Å². The van der Waals surface area contributed by atoms with Crippen LogP contribution in [0.2, 0.25) is 0 Å². The van der Waals surface area contributed by atoms with Crippen molar-refractivity contribution in [2.75, 3.05) is 0 Å². The van der Waals surface area contributed by atoms with Crippen LogP contribution in [0.15, 0.2) is 66.7 Å². The van der Waals surface area contributed by atoms with Gasteiger partial charge in [-0.15, -0.1) is 0 Å². The van der Waals surface area contributed by atoms with Crippen LogP contribution in [0.4, 0.5) is 0 Å². The highest BCUT2D eigenvalue weighted by atomic mass is 16.5. The Morgan fingerprint density at radius 3 is 2.59 bits per heavy atom. The first-order valence-electron chi connectivity index (χ1n) is 8.57. The summed E-state index contributed by atoms with van der Waals surface area (Å²) in [7, 11) is 0. The molecule has 134 valence electrons. The highest BCUT2D eigenvalue weighted by Crippen LogP contribution is 2.13. The van der Waals surface area contributed by atoms with Crippen LogP contribution < -0.4 is 10.1 Å². The third-order valence-corrected chi connectivity index (χ3v) is 4.03. The number of aromatic nitrogens is 1. The molecule has 0 fully saturated rings. The lowest BCUT2D eigenvalue weighted by molar-refractivity contribution is 0.0945. The number of nitriles is 1. The van der Waals surface area contributed by atoms with Gasteiger partial charge in [-0.3, -0.25) is 4.79 Å². The number of nitrogens with one attached hydrogen (secondary N) is 1. The lowest BCUT2D eigenvalue weighted by Gasteiger charge is -2.09. The minimum atomic E-state index is -0.270. The van der Waals surface area contributed by atoms with Crippen LogP contribution in [0, 0.1) is 18.3 Å². The summed E-state index contributed by atoms with van der Waals surface area (Å²) < 4.78 is 5.75. The summed E-state index contributed by atoms with van der Waals surface area (Å²) in [5, 5.41) is 11.8. The van der Waals surface area contributed by atoms with E-state index < -0.39 is 0 Å². The molecule has 0 aliphatic heterocycles. The third-order valence-electron chi connectivity index (χ3n) is 4.03. The van der Waals surface area contributed by atoms with Crippen LogP contribution in [0.1, 0.15) is 32.9 Å². The SMILES string of the molecule is Cc1nc(C(=O)NCc2cccc(COc3ccccc3)c2)ccc1C#N. The Morgan fingerprint density at radius 1 is 1.07 bits per heavy atom. The summed E-state index contributed by atoms with van der Waals surface area (Å²) in [5.74, 6) is 0.548. The summed E-state index contributed by atoms with van der Waals surface area (Å²) in [6.07, 6.45) is 0. The van der Waals surface area contributed by atoms with Crippen molar-refractivity contribution < 1.29 is 9.53 Å². The first kappa shape index (κ1) is 18.2. The van der Waals surface area contributed by atoms with Crippen molar-refractivity contribution in [3.63, 3.8) is 0 Å². The number of hydrogen-bond acceptors (Lipinski definition) is 4. The van der Waals surface area contributed by atoms with Gasteiger partial charge in [0, 0.05) is 6.54 Å². The van der Waals surface area contributed by atoms with E-state index in [9.17, 15) is 4.79 Å².